The SMILES string of the molecule is C#Cc1ccccc1/C=C\C=C. The highest BCUT2D eigenvalue weighted by Crippen LogP contribution is 2.08. The molecule has 58 valence electrons. The number of terminal acetylenes is 1. The quantitative estimate of drug-likeness (QED) is 0.454. The summed E-state index contributed by atoms with van der Waals surface area (Å²) in [6, 6.07) is 7.79. The fraction of sp³-hybridized carbons (Fsp3) is 0. The second-order valence-electron chi connectivity index (χ2n) is 2.33. The van der Waals surface area contributed by atoms with Crippen molar-refractivity contribution in [3.63, 3.8) is 0 Å². The standard InChI is InChI=1S/C12H10/c1-3-5-8-12-10-7-6-9-11(12)4-2/h2-3,5-10H,1H2/b8-5-. The molecule has 0 nitrogen and oxygen atoms in total. The average molecular weight is 154 g/mol. The molecule has 1 aromatic rings. The molecule has 0 heterocycles. The first-order valence-corrected chi connectivity index (χ1v) is 3.73. The molecule has 0 aromatic heterocycles. The Balaban J connectivity index is 3.07. The summed E-state index contributed by atoms with van der Waals surface area (Å²) in [5.74, 6) is 2.62. The average Bonchev–Trinajstić information content (AvgIpc) is 2.15. The molecular weight excluding hydrogens is 144 g/mol. The minimum Gasteiger partial charge on any atom is -0.115 e. The summed E-state index contributed by atoms with van der Waals surface area (Å²) >= 11 is 0. The molecule has 0 atom stereocenters. The number of hydrogen-bond acceptors (Lipinski definition) is 0. The van der Waals surface area contributed by atoms with E-state index in [1.807, 2.05) is 36.4 Å². The lowest BCUT2D eigenvalue weighted by Gasteiger charge is -1.95. The molecule has 0 unspecified atom stereocenters. The van der Waals surface area contributed by atoms with Gasteiger partial charge in [-0.15, -0.1) is 6.42 Å². The Morgan fingerprint density at radius 2 is 2.08 bits per heavy atom. The Hall–Kier alpha value is -1.74. The van der Waals surface area contributed by atoms with E-state index in [-0.39, 0.29) is 0 Å². The van der Waals surface area contributed by atoms with Gasteiger partial charge in [0.1, 0.15) is 0 Å². The summed E-state index contributed by atoms with van der Waals surface area (Å²) in [5, 5.41) is 0. The van der Waals surface area contributed by atoms with Crippen molar-refractivity contribution in [3.8, 4) is 12.3 Å². The molecule has 0 heteroatoms. The fourth-order valence-electron chi connectivity index (χ4n) is 0.945. The molecule has 0 amide bonds. The van der Waals surface area contributed by atoms with Gasteiger partial charge in [-0.2, -0.15) is 0 Å². The van der Waals surface area contributed by atoms with E-state index in [2.05, 4.69) is 12.5 Å². The summed E-state index contributed by atoms with van der Waals surface area (Å²) in [7, 11) is 0. The van der Waals surface area contributed by atoms with E-state index in [1.165, 1.54) is 0 Å². The topological polar surface area (TPSA) is 0 Å². The van der Waals surface area contributed by atoms with Gasteiger partial charge >= 0.3 is 0 Å². The summed E-state index contributed by atoms with van der Waals surface area (Å²) < 4.78 is 0. The molecule has 0 saturated heterocycles. The van der Waals surface area contributed by atoms with Crippen molar-refractivity contribution in [2.75, 3.05) is 0 Å². The smallest absolute Gasteiger partial charge is 0.0315 e. The molecular formula is C12H10. The molecule has 0 radical (unpaired) electrons. The lowest BCUT2D eigenvalue weighted by Crippen LogP contribution is -1.78. The molecule has 0 aliphatic rings. The second kappa shape index (κ2) is 4.20. The van der Waals surface area contributed by atoms with Crippen molar-refractivity contribution in [1.82, 2.24) is 0 Å². The van der Waals surface area contributed by atoms with Crippen LogP contribution >= 0.6 is 0 Å². The number of rotatable bonds is 2. The van der Waals surface area contributed by atoms with Gasteiger partial charge < -0.3 is 0 Å². The summed E-state index contributed by atoms with van der Waals surface area (Å²) in [5.41, 5.74) is 1.97. The molecule has 0 spiro atoms. The maximum absolute atomic E-state index is 5.31. The molecule has 0 saturated carbocycles. The van der Waals surface area contributed by atoms with Crippen LogP contribution in [0.2, 0.25) is 0 Å². The van der Waals surface area contributed by atoms with Crippen LogP contribution in [0.25, 0.3) is 6.08 Å². The first-order valence-electron chi connectivity index (χ1n) is 3.73. The summed E-state index contributed by atoms with van der Waals surface area (Å²) in [6.07, 6.45) is 10.9. The number of allylic oxidation sites excluding steroid dienone is 2. The Labute approximate surface area is 73.2 Å². The second-order valence-corrected chi connectivity index (χ2v) is 2.33. The number of benzene rings is 1. The first-order chi connectivity index (χ1) is 5.88. The Kier molecular flexibility index (Phi) is 2.93. The third-order valence-electron chi connectivity index (χ3n) is 1.53. The van der Waals surface area contributed by atoms with E-state index < -0.39 is 0 Å². The highest BCUT2D eigenvalue weighted by atomic mass is 13.9. The maximum Gasteiger partial charge on any atom is 0.0315 e. The Bertz CT molecular complexity index is 337. The third kappa shape index (κ3) is 1.87. The van der Waals surface area contributed by atoms with E-state index in [0.717, 1.165) is 11.1 Å². The monoisotopic (exact) mass is 154 g/mol. The fourth-order valence-corrected chi connectivity index (χ4v) is 0.945. The van der Waals surface area contributed by atoms with Crippen molar-refractivity contribution in [1.29, 1.82) is 0 Å². The zero-order chi connectivity index (χ0) is 8.81. The lowest BCUT2D eigenvalue weighted by molar-refractivity contribution is 1.60. The van der Waals surface area contributed by atoms with E-state index in [0.29, 0.717) is 0 Å². The molecule has 12 heavy (non-hydrogen) atoms. The van der Waals surface area contributed by atoms with Crippen molar-refractivity contribution in [3.05, 3.63) is 54.1 Å². The van der Waals surface area contributed by atoms with Crippen LogP contribution in [0.4, 0.5) is 0 Å². The summed E-state index contributed by atoms with van der Waals surface area (Å²) in [6.45, 7) is 3.59. The predicted molar refractivity (Wildman–Crippen MR) is 53.6 cm³/mol. The Morgan fingerprint density at radius 1 is 1.33 bits per heavy atom. The lowest BCUT2D eigenvalue weighted by atomic mass is 10.1. The van der Waals surface area contributed by atoms with Crippen LogP contribution in [0.5, 0.6) is 0 Å². The molecule has 0 N–H and O–H groups in total. The minimum absolute atomic E-state index is 0.913. The zero-order valence-electron chi connectivity index (χ0n) is 6.83. The third-order valence-corrected chi connectivity index (χ3v) is 1.53. The van der Waals surface area contributed by atoms with Gasteiger partial charge in [-0.05, 0) is 11.6 Å². The molecule has 0 aliphatic carbocycles. The van der Waals surface area contributed by atoms with E-state index >= 15 is 0 Å². The normalized spacial score (nSPS) is 9.58. The first kappa shape index (κ1) is 8.36. The molecule has 1 aromatic carbocycles. The largest absolute Gasteiger partial charge is 0.115 e. The number of hydrogen-bond donors (Lipinski definition) is 0. The maximum atomic E-state index is 5.31. The van der Waals surface area contributed by atoms with Gasteiger partial charge in [0.15, 0.2) is 0 Å². The van der Waals surface area contributed by atoms with Crippen molar-refractivity contribution >= 4 is 6.08 Å². The zero-order valence-corrected chi connectivity index (χ0v) is 6.83. The molecule has 0 bridgehead atoms. The van der Waals surface area contributed by atoms with Gasteiger partial charge in [0.2, 0.25) is 0 Å². The van der Waals surface area contributed by atoms with Gasteiger partial charge in [0, 0.05) is 5.56 Å². The van der Waals surface area contributed by atoms with E-state index in [4.69, 9.17) is 6.42 Å². The molecule has 1 rings (SSSR count). The van der Waals surface area contributed by atoms with Crippen LogP contribution in [-0.2, 0) is 0 Å². The molecule has 0 aliphatic heterocycles. The van der Waals surface area contributed by atoms with Gasteiger partial charge in [-0.3, -0.25) is 0 Å². The van der Waals surface area contributed by atoms with E-state index in [1.54, 1.807) is 6.08 Å². The van der Waals surface area contributed by atoms with Crippen molar-refractivity contribution in [2.45, 2.75) is 0 Å². The van der Waals surface area contributed by atoms with Crippen LogP contribution in [0, 0.1) is 12.3 Å². The van der Waals surface area contributed by atoms with Gasteiger partial charge in [-0.1, -0.05) is 48.9 Å². The van der Waals surface area contributed by atoms with Crippen LogP contribution in [-0.4, -0.2) is 0 Å². The van der Waals surface area contributed by atoms with Crippen molar-refractivity contribution in [2.24, 2.45) is 0 Å². The van der Waals surface area contributed by atoms with Crippen LogP contribution in [0.15, 0.2) is 43.0 Å². The highest BCUT2D eigenvalue weighted by Gasteiger charge is 1.91. The predicted octanol–water partition coefficient (Wildman–Crippen LogP) is 2.87. The van der Waals surface area contributed by atoms with Gasteiger partial charge in [0.05, 0.1) is 0 Å². The minimum atomic E-state index is 0.913. The van der Waals surface area contributed by atoms with Crippen LogP contribution < -0.4 is 0 Å². The van der Waals surface area contributed by atoms with Crippen molar-refractivity contribution < 1.29 is 0 Å². The highest BCUT2D eigenvalue weighted by molar-refractivity contribution is 5.59. The van der Waals surface area contributed by atoms with Gasteiger partial charge in [-0.25, -0.2) is 0 Å². The Morgan fingerprint density at radius 3 is 2.75 bits per heavy atom. The van der Waals surface area contributed by atoms with Crippen LogP contribution in [0.3, 0.4) is 0 Å². The van der Waals surface area contributed by atoms with E-state index in [9.17, 15) is 0 Å². The van der Waals surface area contributed by atoms with Gasteiger partial charge in [0.25, 0.3) is 0 Å². The molecule has 0 fully saturated rings. The van der Waals surface area contributed by atoms with Crippen LogP contribution in [0.1, 0.15) is 11.1 Å². The summed E-state index contributed by atoms with van der Waals surface area (Å²) in [4.78, 5) is 0.